The molecule has 19 heavy (non-hydrogen) atoms. The third-order valence-corrected chi connectivity index (χ3v) is 2.05. The number of amides is 2. The Morgan fingerprint density at radius 3 is 2.58 bits per heavy atom. The fourth-order valence-corrected chi connectivity index (χ4v) is 1.23. The summed E-state index contributed by atoms with van der Waals surface area (Å²) in [7, 11) is 0. The second-order valence-electron chi connectivity index (χ2n) is 3.22. The molecule has 0 aliphatic rings. The van der Waals surface area contributed by atoms with Gasteiger partial charge in [-0.3, -0.25) is 14.4 Å². The van der Waals surface area contributed by atoms with Gasteiger partial charge in [0.05, 0.1) is 6.54 Å². The number of hydroxylamine groups is 1. The van der Waals surface area contributed by atoms with E-state index in [1.165, 1.54) is 17.6 Å². The van der Waals surface area contributed by atoms with E-state index in [0.29, 0.717) is 4.67 Å². The average molecular weight is 345 g/mol. The first-order valence-electron chi connectivity index (χ1n) is 4.79. The third kappa shape index (κ3) is 6.25. The topological polar surface area (TPSA) is 80.6 Å². The van der Waals surface area contributed by atoms with Crippen molar-refractivity contribution in [3.8, 4) is 0 Å². The van der Waals surface area contributed by atoms with Crippen LogP contribution < -0.4 is 10.8 Å². The molecule has 0 aromatic carbocycles. The van der Waals surface area contributed by atoms with Gasteiger partial charge >= 0.3 is 6.18 Å². The molecule has 106 valence electrons. The van der Waals surface area contributed by atoms with E-state index >= 15 is 0 Å². The van der Waals surface area contributed by atoms with Gasteiger partial charge in [0.25, 0.3) is 11.8 Å². The molecular formula is C9H8BrF3N2O4. The smallest absolute Gasteiger partial charge is 0.414 e. The molecular weight excluding hydrogens is 337 g/mol. The molecule has 0 atom stereocenters. The van der Waals surface area contributed by atoms with Crippen LogP contribution >= 0.6 is 15.9 Å². The summed E-state index contributed by atoms with van der Waals surface area (Å²) in [5, 5.41) is 2.13. The van der Waals surface area contributed by atoms with Gasteiger partial charge in [0.2, 0.25) is 0 Å². The van der Waals surface area contributed by atoms with Gasteiger partial charge in [-0.25, -0.2) is 5.48 Å². The predicted octanol–water partition coefficient (Wildman–Crippen LogP) is 1.38. The first-order valence-corrected chi connectivity index (χ1v) is 5.58. The summed E-state index contributed by atoms with van der Waals surface area (Å²) in [6.45, 7) is -2.16. The van der Waals surface area contributed by atoms with Gasteiger partial charge in [0.15, 0.2) is 17.0 Å². The van der Waals surface area contributed by atoms with Gasteiger partial charge in [0, 0.05) is 0 Å². The fourth-order valence-electron chi connectivity index (χ4n) is 0.918. The Bertz CT molecular complexity index is 461. The van der Waals surface area contributed by atoms with Gasteiger partial charge < -0.3 is 9.73 Å². The highest BCUT2D eigenvalue weighted by molar-refractivity contribution is 9.10. The number of alkyl halides is 3. The lowest BCUT2D eigenvalue weighted by Crippen LogP contribution is -2.38. The Morgan fingerprint density at radius 1 is 1.37 bits per heavy atom. The van der Waals surface area contributed by atoms with Crippen LogP contribution in [0.2, 0.25) is 0 Å². The van der Waals surface area contributed by atoms with Crippen molar-refractivity contribution in [3.63, 3.8) is 0 Å². The number of hydrogen-bond donors (Lipinski definition) is 2. The van der Waals surface area contributed by atoms with Gasteiger partial charge in [-0.2, -0.15) is 13.2 Å². The number of nitrogens with one attached hydrogen (secondary N) is 2. The Morgan fingerprint density at radius 2 is 2.05 bits per heavy atom. The van der Waals surface area contributed by atoms with E-state index in [-0.39, 0.29) is 5.76 Å². The molecule has 0 unspecified atom stereocenters. The van der Waals surface area contributed by atoms with Crippen LogP contribution in [0.3, 0.4) is 0 Å². The molecule has 1 aromatic rings. The molecule has 2 N–H and O–H groups in total. The lowest BCUT2D eigenvalue weighted by Gasteiger charge is -2.08. The highest BCUT2D eigenvalue weighted by Gasteiger charge is 2.28. The molecule has 1 aromatic heterocycles. The zero-order valence-corrected chi connectivity index (χ0v) is 10.8. The highest BCUT2D eigenvalue weighted by Crippen LogP contribution is 2.14. The minimum atomic E-state index is -4.54. The van der Waals surface area contributed by atoms with Crippen LogP contribution in [0, 0.1) is 0 Å². The molecule has 6 nitrogen and oxygen atoms in total. The SMILES string of the molecule is O=C(CNC(=O)c1ccc(Br)o1)NOCC(F)(F)F. The van der Waals surface area contributed by atoms with Gasteiger partial charge in [0.1, 0.15) is 0 Å². The largest absolute Gasteiger partial charge is 0.444 e. The maximum atomic E-state index is 11.7. The second kappa shape index (κ2) is 6.57. The van der Waals surface area contributed by atoms with Crippen LogP contribution in [0.4, 0.5) is 13.2 Å². The normalized spacial score (nSPS) is 11.2. The molecule has 2 amide bonds. The van der Waals surface area contributed by atoms with Crippen molar-refractivity contribution in [2.24, 2.45) is 0 Å². The fraction of sp³-hybridized carbons (Fsp3) is 0.333. The predicted molar refractivity (Wildman–Crippen MR) is 58.9 cm³/mol. The number of carbonyl (C=O) groups excluding carboxylic acids is 2. The molecule has 0 fully saturated rings. The second-order valence-corrected chi connectivity index (χ2v) is 4.00. The van der Waals surface area contributed by atoms with Crippen LogP contribution in [0.1, 0.15) is 10.6 Å². The lowest BCUT2D eigenvalue weighted by atomic mass is 10.4. The van der Waals surface area contributed by atoms with Crippen molar-refractivity contribution in [1.29, 1.82) is 0 Å². The minimum absolute atomic E-state index is 0.0455. The van der Waals surface area contributed by atoms with Gasteiger partial charge in [-0.1, -0.05) is 0 Å². The van der Waals surface area contributed by atoms with E-state index in [9.17, 15) is 22.8 Å². The number of carbonyl (C=O) groups is 2. The van der Waals surface area contributed by atoms with Crippen LogP contribution in [0.5, 0.6) is 0 Å². The summed E-state index contributed by atoms with van der Waals surface area (Å²) in [6.07, 6.45) is -4.54. The van der Waals surface area contributed by atoms with Gasteiger partial charge in [-0.05, 0) is 28.1 Å². The van der Waals surface area contributed by atoms with Gasteiger partial charge in [-0.15, -0.1) is 0 Å². The Labute approximate surface area is 113 Å². The molecule has 0 aliphatic heterocycles. The summed E-state index contributed by atoms with van der Waals surface area (Å²) >= 11 is 2.98. The van der Waals surface area contributed by atoms with Crippen molar-refractivity contribution in [2.75, 3.05) is 13.2 Å². The Hall–Kier alpha value is -1.55. The standard InChI is InChI=1S/C9H8BrF3N2O4/c10-6-2-1-5(19-6)8(17)14-3-7(16)15-18-4-9(11,12)13/h1-2H,3-4H2,(H,14,17)(H,15,16). The maximum absolute atomic E-state index is 11.7. The third-order valence-electron chi connectivity index (χ3n) is 1.63. The quantitative estimate of drug-likeness (QED) is 0.791. The first kappa shape index (κ1) is 15.5. The van der Waals surface area contributed by atoms with E-state index < -0.39 is 31.1 Å². The molecule has 0 spiro atoms. The van der Waals surface area contributed by atoms with E-state index in [0.717, 1.165) is 0 Å². The maximum Gasteiger partial charge on any atom is 0.414 e. The zero-order chi connectivity index (χ0) is 14.5. The monoisotopic (exact) mass is 344 g/mol. The zero-order valence-electron chi connectivity index (χ0n) is 9.21. The van der Waals surface area contributed by atoms with E-state index in [1.807, 2.05) is 0 Å². The van der Waals surface area contributed by atoms with E-state index in [2.05, 4.69) is 26.1 Å². The summed E-state index contributed by atoms with van der Waals surface area (Å²) in [5.74, 6) is -1.66. The van der Waals surface area contributed by atoms with Crippen LogP contribution in [-0.4, -0.2) is 31.1 Å². The number of furan rings is 1. The summed E-state index contributed by atoms with van der Waals surface area (Å²) in [5.41, 5.74) is 1.54. The van der Waals surface area contributed by atoms with Crippen molar-refractivity contribution in [3.05, 3.63) is 22.6 Å². The lowest BCUT2D eigenvalue weighted by molar-refractivity contribution is -0.191. The van der Waals surface area contributed by atoms with Crippen LogP contribution in [0.25, 0.3) is 0 Å². The number of halogens is 4. The molecule has 0 saturated heterocycles. The Kier molecular flexibility index (Phi) is 5.36. The molecule has 0 bridgehead atoms. The van der Waals surface area contributed by atoms with Crippen LogP contribution in [-0.2, 0) is 9.63 Å². The number of rotatable bonds is 5. The van der Waals surface area contributed by atoms with Crippen molar-refractivity contribution in [1.82, 2.24) is 10.8 Å². The summed E-state index contributed by atoms with van der Waals surface area (Å²) in [4.78, 5) is 26.3. The summed E-state index contributed by atoms with van der Waals surface area (Å²) in [6, 6.07) is 2.83. The minimum Gasteiger partial charge on any atom is -0.444 e. The molecule has 10 heteroatoms. The molecule has 1 rings (SSSR count). The Balaban J connectivity index is 2.25. The van der Waals surface area contributed by atoms with E-state index in [4.69, 9.17) is 4.42 Å². The molecule has 1 heterocycles. The molecule has 0 radical (unpaired) electrons. The first-order chi connectivity index (χ1) is 8.78. The highest BCUT2D eigenvalue weighted by atomic mass is 79.9. The average Bonchev–Trinajstić information content (AvgIpc) is 2.71. The van der Waals surface area contributed by atoms with Crippen molar-refractivity contribution in [2.45, 2.75) is 6.18 Å². The molecule has 0 aliphatic carbocycles. The molecule has 0 saturated carbocycles. The van der Waals surface area contributed by atoms with Crippen LogP contribution in [0.15, 0.2) is 21.2 Å². The van der Waals surface area contributed by atoms with E-state index in [1.54, 1.807) is 0 Å². The van der Waals surface area contributed by atoms with Crippen molar-refractivity contribution >= 4 is 27.7 Å². The number of hydrogen-bond acceptors (Lipinski definition) is 4. The summed E-state index contributed by atoms with van der Waals surface area (Å²) < 4.78 is 40.3. The van der Waals surface area contributed by atoms with Crippen molar-refractivity contribution < 1.29 is 32.0 Å².